The molecule has 0 saturated heterocycles. The SMILES string of the molecule is Cc1c(Cc2ccc(-n3cccn3)cc2)cc2c(c1Cl)CN(C1CCCC1)C2=O. The number of aromatic nitrogens is 2. The topological polar surface area (TPSA) is 38.1 Å². The van der Waals surface area contributed by atoms with Gasteiger partial charge in [-0.3, -0.25) is 4.79 Å². The molecule has 2 aromatic carbocycles. The molecule has 1 aliphatic carbocycles. The second kappa shape index (κ2) is 7.34. The molecule has 1 aliphatic heterocycles. The largest absolute Gasteiger partial charge is 0.331 e. The van der Waals surface area contributed by atoms with Gasteiger partial charge in [-0.25, -0.2) is 4.68 Å². The van der Waals surface area contributed by atoms with Gasteiger partial charge in [0.2, 0.25) is 0 Å². The van der Waals surface area contributed by atoms with Gasteiger partial charge in [-0.1, -0.05) is 36.6 Å². The smallest absolute Gasteiger partial charge is 0.254 e. The average molecular weight is 406 g/mol. The Hall–Kier alpha value is -2.59. The zero-order valence-corrected chi connectivity index (χ0v) is 17.3. The minimum absolute atomic E-state index is 0.157. The number of fused-ring (bicyclic) bond motifs is 1. The Morgan fingerprint density at radius 2 is 1.93 bits per heavy atom. The Bertz CT molecular complexity index is 1050. The van der Waals surface area contributed by atoms with Crippen LogP contribution in [0.4, 0.5) is 0 Å². The lowest BCUT2D eigenvalue weighted by atomic mass is 9.95. The molecule has 29 heavy (non-hydrogen) atoms. The van der Waals surface area contributed by atoms with Crippen molar-refractivity contribution in [1.29, 1.82) is 0 Å². The molecule has 2 aliphatic rings. The van der Waals surface area contributed by atoms with Crippen molar-refractivity contribution in [2.45, 2.75) is 51.6 Å². The molecular formula is C24H24ClN3O. The maximum atomic E-state index is 13.1. The summed E-state index contributed by atoms with van der Waals surface area (Å²) >= 11 is 6.75. The second-order valence-electron chi connectivity index (χ2n) is 8.17. The summed E-state index contributed by atoms with van der Waals surface area (Å²) in [6.45, 7) is 2.73. The summed E-state index contributed by atoms with van der Waals surface area (Å²) in [5, 5.41) is 5.03. The molecule has 0 atom stereocenters. The fourth-order valence-electron chi connectivity index (χ4n) is 4.70. The summed E-state index contributed by atoms with van der Waals surface area (Å²) < 4.78 is 1.84. The van der Waals surface area contributed by atoms with E-state index in [9.17, 15) is 4.79 Å². The molecule has 2 heterocycles. The number of benzene rings is 2. The van der Waals surface area contributed by atoms with E-state index in [1.807, 2.05) is 21.8 Å². The molecule has 1 fully saturated rings. The number of nitrogens with zero attached hydrogens (tertiary/aromatic N) is 3. The molecule has 5 heteroatoms. The standard InChI is InChI=1S/C24H24ClN3O/c1-16-18(13-17-7-9-20(10-8-17)28-12-4-11-26-28)14-21-22(23(16)25)15-27(24(21)29)19-5-2-3-6-19/h4,7-12,14,19H,2-3,5-6,13,15H2,1H3. The molecule has 0 N–H and O–H groups in total. The van der Waals surface area contributed by atoms with Crippen LogP contribution in [0.2, 0.25) is 5.02 Å². The van der Waals surface area contributed by atoms with E-state index in [0.29, 0.717) is 12.6 Å². The van der Waals surface area contributed by atoms with E-state index >= 15 is 0 Å². The van der Waals surface area contributed by atoms with Crippen molar-refractivity contribution in [1.82, 2.24) is 14.7 Å². The molecule has 0 unspecified atom stereocenters. The first kappa shape index (κ1) is 18.4. The van der Waals surface area contributed by atoms with E-state index in [4.69, 9.17) is 11.6 Å². The number of halogens is 1. The van der Waals surface area contributed by atoms with Crippen molar-refractivity contribution in [2.24, 2.45) is 0 Å². The molecular weight excluding hydrogens is 382 g/mol. The van der Waals surface area contributed by atoms with Crippen LogP contribution in [0.5, 0.6) is 0 Å². The Balaban J connectivity index is 1.42. The Morgan fingerprint density at radius 3 is 2.62 bits per heavy atom. The molecule has 0 radical (unpaired) electrons. The Kier molecular flexibility index (Phi) is 4.67. The number of carbonyl (C=O) groups excluding carboxylic acids is 1. The Labute approximate surface area is 176 Å². The summed E-state index contributed by atoms with van der Waals surface area (Å²) in [7, 11) is 0. The second-order valence-corrected chi connectivity index (χ2v) is 8.54. The molecule has 1 amide bonds. The van der Waals surface area contributed by atoms with E-state index in [2.05, 4.69) is 42.4 Å². The van der Waals surface area contributed by atoms with Gasteiger partial charge in [0.05, 0.1) is 5.69 Å². The first-order chi connectivity index (χ1) is 14.1. The molecule has 5 rings (SSSR count). The highest BCUT2D eigenvalue weighted by Gasteiger charge is 2.36. The van der Waals surface area contributed by atoms with Gasteiger partial charge in [0.15, 0.2) is 0 Å². The van der Waals surface area contributed by atoms with Crippen LogP contribution < -0.4 is 0 Å². The molecule has 3 aromatic rings. The van der Waals surface area contributed by atoms with Crippen molar-refractivity contribution in [2.75, 3.05) is 0 Å². The highest BCUT2D eigenvalue weighted by atomic mass is 35.5. The number of amides is 1. The summed E-state index contributed by atoms with van der Waals surface area (Å²) in [5.74, 6) is 0.157. The molecule has 1 saturated carbocycles. The fraction of sp³-hybridized carbons (Fsp3) is 0.333. The van der Waals surface area contributed by atoms with E-state index in [1.165, 1.54) is 18.4 Å². The van der Waals surface area contributed by atoms with Crippen molar-refractivity contribution < 1.29 is 4.79 Å². The normalized spacial score (nSPS) is 16.6. The van der Waals surface area contributed by atoms with Crippen molar-refractivity contribution >= 4 is 17.5 Å². The Morgan fingerprint density at radius 1 is 1.17 bits per heavy atom. The van der Waals surface area contributed by atoms with Crippen LogP contribution in [0, 0.1) is 6.92 Å². The van der Waals surface area contributed by atoms with Gasteiger partial charge in [0.1, 0.15) is 0 Å². The molecule has 148 valence electrons. The number of hydrogen-bond donors (Lipinski definition) is 0. The maximum Gasteiger partial charge on any atom is 0.254 e. The van der Waals surface area contributed by atoms with Gasteiger partial charge in [-0.15, -0.1) is 0 Å². The summed E-state index contributed by atoms with van der Waals surface area (Å²) in [4.78, 5) is 15.1. The lowest BCUT2D eigenvalue weighted by molar-refractivity contribution is 0.0707. The monoisotopic (exact) mass is 405 g/mol. The summed E-state index contributed by atoms with van der Waals surface area (Å²) in [5.41, 5.74) is 6.25. The van der Waals surface area contributed by atoms with Crippen molar-refractivity contribution in [3.8, 4) is 5.69 Å². The average Bonchev–Trinajstić information content (AvgIpc) is 3.49. The lowest BCUT2D eigenvalue weighted by Crippen LogP contribution is -2.33. The van der Waals surface area contributed by atoms with Crippen LogP contribution >= 0.6 is 11.6 Å². The molecule has 1 aromatic heterocycles. The first-order valence-electron chi connectivity index (χ1n) is 10.3. The zero-order chi connectivity index (χ0) is 20.0. The van der Waals surface area contributed by atoms with Gasteiger partial charge < -0.3 is 4.90 Å². The van der Waals surface area contributed by atoms with E-state index in [0.717, 1.165) is 52.2 Å². The van der Waals surface area contributed by atoms with Gasteiger partial charge in [-0.05, 0) is 67.1 Å². The third-order valence-corrected chi connectivity index (χ3v) is 6.92. The van der Waals surface area contributed by atoms with Crippen molar-refractivity contribution in [3.63, 3.8) is 0 Å². The predicted octanol–water partition coefficient (Wildman–Crippen LogP) is 5.32. The van der Waals surface area contributed by atoms with Gasteiger partial charge in [0.25, 0.3) is 5.91 Å². The number of hydrogen-bond acceptors (Lipinski definition) is 2. The van der Waals surface area contributed by atoms with Crippen LogP contribution in [-0.4, -0.2) is 26.6 Å². The van der Waals surface area contributed by atoms with E-state index < -0.39 is 0 Å². The lowest BCUT2D eigenvalue weighted by Gasteiger charge is -2.23. The third-order valence-electron chi connectivity index (χ3n) is 6.40. The maximum absolute atomic E-state index is 13.1. The van der Waals surface area contributed by atoms with Gasteiger partial charge in [0, 0.05) is 41.1 Å². The van der Waals surface area contributed by atoms with Gasteiger partial charge in [-0.2, -0.15) is 5.10 Å². The van der Waals surface area contributed by atoms with E-state index in [1.54, 1.807) is 6.20 Å². The van der Waals surface area contributed by atoms with Crippen LogP contribution in [0.1, 0.15) is 58.3 Å². The van der Waals surface area contributed by atoms with Gasteiger partial charge >= 0.3 is 0 Å². The number of rotatable bonds is 4. The molecule has 0 spiro atoms. The quantitative estimate of drug-likeness (QED) is 0.588. The third kappa shape index (κ3) is 3.25. The highest BCUT2D eigenvalue weighted by Crippen LogP contribution is 2.38. The summed E-state index contributed by atoms with van der Waals surface area (Å²) in [6.07, 6.45) is 9.14. The molecule has 0 bridgehead atoms. The first-order valence-corrected chi connectivity index (χ1v) is 10.7. The number of carbonyl (C=O) groups is 1. The van der Waals surface area contributed by atoms with Crippen LogP contribution in [0.15, 0.2) is 48.8 Å². The predicted molar refractivity (Wildman–Crippen MR) is 115 cm³/mol. The van der Waals surface area contributed by atoms with Crippen molar-refractivity contribution in [3.05, 3.63) is 81.6 Å². The minimum Gasteiger partial charge on any atom is -0.331 e. The fourth-order valence-corrected chi connectivity index (χ4v) is 4.98. The zero-order valence-electron chi connectivity index (χ0n) is 16.6. The van der Waals surface area contributed by atoms with Crippen LogP contribution in [0.25, 0.3) is 5.69 Å². The summed E-state index contributed by atoms with van der Waals surface area (Å²) in [6, 6.07) is 12.7. The van der Waals surface area contributed by atoms with E-state index in [-0.39, 0.29) is 5.91 Å². The van der Waals surface area contributed by atoms with Crippen LogP contribution in [0.3, 0.4) is 0 Å². The molecule has 4 nitrogen and oxygen atoms in total. The van der Waals surface area contributed by atoms with Crippen LogP contribution in [-0.2, 0) is 13.0 Å². The minimum atomic E-state index is 0.157. The highest BCUT2D eigenvalue weighted by molar-refractivity contribution is 6.33.